The first-order valence-electron chi connectivity index (χ1n) is 6.09. The molecule has 20 heavy (non-hydrogen) atoms. The molecule has 0 amide bonds. The summed E-state index contributed by atoms with van der Waals surface area (Å²) in [4.78, 5) is 14.9. The van der Waals surface area contributed by atoms with Crippen LogP contribution in [0.1, 0.15) is 11.4 Å². The van der Waals surface area contributed by atoms with Gasteiger partial charge in [0.1, 0.15) is 11.4 Å². The smallest absolute Gasteiger partial charge is 0.292 e. The van der Waals surface area contributed by atoms with Crippen molar-refractivity contribution in [2.45, 2.75) is 13.5 Å². The number of nitro benzene ring substituents is 1. The van der Waals surface area contributed by atoms with Gasteiger partial charge >= 0.3 is 0 Å². The zero-order valence-electron chi connectivity index (χ0n) is 11.3. The van der Waals surface area contributed by atoms with E-state index < -0.39 is 4.92 Å². The topological polar surface area (TPSA) is 77.3 Å². The van der Waals surface area contributed by atoms with Crippen LogP contribution in [-0.2, 0) is 6.54 Å². The van der Waals surface area contributed by atoms with Crippen molar-refractivity contribution in [3.05, 3.63) is 57.9 Å². The fraction of sp³-hybridized carbons (Fsp3) is 0.214. The lowest BCUT2D eigenvalue weighted by atomic mass is 10.2. The summed E-state index contributed by atoms with van der Waals surface area (Å²) in [5.74, 6) is 0.565. The zero-order chi connectivity index (χ0) is 14.5. The van der Waals surface area contributed by atoms with E-state index in [1.165, 1.54) is 13.2 Å². The number of rotatable bonds is 5. The molecule has 0 saturated carbocycles. The maximum absolute atomic E-state index is 11.0. The van der Waals surface area contributed by atoms with E-state index in [1.54, 1.807) is 12.1 Å². The third-order valence-electron chi connectivity index (χ3n) is 2.81. The molecule has 0 spiro atoms. The third kappa shape index (κ3) is 3.23. The minimum Gasteiger partial charge on any atom is -0.497 e. The highest BCUT2D eigenvalue weighted by Gasteiger charge is 2.14. The van der Waals surface area contributed by atoms with Gasteiger partial charge in [0.25, 0.3) is 5.69 Å². The van der Waals surface area contributed by atoms with Crippen LogP contribution >= 0.6 is 0 Å². The molecule has 0 radical (unpaired) electrons. The van der Waals surface area contributed by atoms with Crippen molar-refractivity contribution < 1.29 is 9.66 Å². The van der Waals surface area contributed by atoms with Gasteiger partial charge in [0, 0.05) is 17.8 Å². The molecule has 0 saturated heterocycles. The Morgan fingerprint density at radius 1 is 1.35 bits per heavy atom. The standard InChI is InChI=1S/C14H15N3O3/c1-10-4-3-5-11(16-10)9-15-13-8-12(20-2)6-7-14(13)17(18)19/h3-8,15H,9H2,1-2H3. The van der Waals surface area contributed by atoms with Gasteiger partial charge in [0.2, 0.25) is 0 Å². The monoisotopic (exact) mass is 273 g/mol. The van der Waals surface area contributed by atoms with Crippen LogP contribution < -0.4 is 10.1 Å². The summed E-state index contributed by atoms with van der Waals surface area (Å²) in [6.07, 6.45) is 0. The number of hydrogen-bond acceptors (Lipinski definition) is 5. The Labute approximate surface area is 116 Å². The Balaban J connectivity index is 2.21. The highest BCUT2D eigenvalue weighted by atomic mass is 16.6. The van der Waals surface area contributed by atoms with E-state index in [9.17, 15) is 10.1 Å². The largest absolute Gasteiger partial charge is 0.497 e. The predicted molar refractivity (Wildman–Crippen MR) is 75.9 cm³/mol. The number of anilines is 1. The molecule has 1 heterocycles. The number of nitrogens with one attached hydrogen (secondary N) is 1. The summed E-state index contributed by atoms with van der Waals surface area (Å²) >= 11 is 0. The summed E-state index contributed by atoms with van der Waals surface area (Å²) < 4.78 is 5.08. The average Bonchev–Trinajstić information content (AvgIpc) is 2.44. The van der Waals surface area contributed by atoms with E-state index in [0.29, 0.717) is 18.0 Å². The number of nitro groups is 1. The molecule has 2 rings (SSSR count). The summed E-state index contributed by atoms with van der Waals surface area (Å²) in [5.41, 5.74) is 2.16. The Morgan fingerprint density at radius 3 is 2.80 bits per heavy atom. The number of pyridine rings is 1. The number of benzene rings is 1. The maximum atomic E-state index is 11.0. The fourth-order valence-corrected chi connectivity index (χ4v) is 1.83. The molecule has 0 aliphatic carbocycles. The van der Waals surface area contributed by atoms with Crippen molar-refractivity contribution in [2.75, 3.05) is 12.4 Å². The number of aromatic nitrogens is 1. The van der Waals surface area contributed by atoms with E-state index in [1.807, 2.05) is 25.1 Å². The van der Waals surface area contributed by atoms with Crippen molar-refractivity contribution in [1.29, 1.82) is 0 Å². The molecule has 0 bridgehead atoms. The van der Waals surface area contributed by atoms with Crippen LogP contribution in [0.25, 0.3) is 0 Å². The van der Waals surface area contributed by atoms with Gasteiger partial charge in [-0.1, -0.05) is 6.07 Å². The predicted octanol–water partition coefficient (Wildman–Crippen LogP) is 2.92. The molecule has 1 aromatic carbocycles. The van der Waals surface area contributed by atoms with E-state index in [2.05, 4.69) is 10.3 Å². The Kier molecular flexibility index (Phi) is 4.14. The van der Waals surface area contributed by atoms with Crippen molar-refractivity contribution in [3.8, 4) is 5.75 Å². The van der Waals surface area contributed by atoms with Gasteiger partial charge in [-0.25, -0.2) is 0 Å². The second-order valence-electron chi connectivity index (χ2n) is 4.26. The lowest BCUT2D eigenvalue weighted by molar-refractivity contribution is -0.384. The number of aryl methyl sites for hydroxylation is 1. The Hall–Kier alpha value is -2.63. The summed E-state index contributed by atoms with van der Waals surface area (Å²) in [7, 11) is 1.52. The molecule has 0 fully saturated rings. The van der Waals surface area contributed by atoms with Gasteiger partial charge in [-0.15, -0.1) is 0 Å². The molecule has 0 unspecified atom stereocenters. The first-order chi connectivity index (χ1) is 9.60. The van der Waals surface area contributed by atoms with Crippen LogP contribution in [0.5, 0.6) is 5.75 Å². The van der Waals surface area contributed by atoms with Gasteiger partial charge in [-0.2, -0.15) is 0 Å². The summed E-state index contributed by atoms with van der Waals surface area (Å²) in [6, 6.07) is 10.3. The lowest BCUT2D eigenvalue weighted by Gasteiger charge is -2.09. The first-order valence-corrected chi connectivity index (χ1v) is 6.09. The third-order valence-corrected chi connectivity index (χ3v) is 2.81. The number of nitrogens with zero attached hydrogens (tertiary/aromatic N) is 2. The van der Waals surface area contributed by atoms with Crippen molar-refractivity contribution in [3.63, 3.8) is 0 Å². The summed E-state index contributed by atoms with van der Waals surface area (Å²) in [6.45, 7) is 2.31. The molecular formula is C14H15N3O3. The average molecular weight is 273 g/mol. The fourth-order valence-electron chi connectivity index (χ4n) is 1.83. The Morgan fingerprint density at radius 2 is 2.15 bits per heavy atom. The SMILES string of the molecule is COc1ccc([N+](=O)[O-])c(NCc2cccc(C)n2)c1. The highest BCUT2D eigenvalue weighted by Crippen LogP contribution is 2.29. The van der Waals surface area contributed by atoms with Crippen LogP contribution in [0.3, 0.4) is 0 Å². The molecule has 6 heteroatoms. The molecule has 0 aliphatic heterocycles. The highest BCUT2D eigenvalue weighted by molar-refractivity contribution is 5.64. The Bertz CT molecular complexity index is 629. The van der Waals surface area contributed by atoms with Gasteiger partial charge in [-0.3, -0.25) is 15.1 Å². The minimum atomic E-state index is -0.425. The van der Waals surface area contributed by atoms with E-state index in [0.717, 1.165) is 11.4 Å². The van der Waals surface area contributed by atoms with Gasteiger partial charge in [-0.05, 0) is 25.1 Å². The van der Waals surface area contributed by atoms with Crippen LogP contribution in [0.15, 0.2) is 36.4 Å². The van der Waals surface area contributed by atoms with Gasteiger partial charge in [0.05, 0.1) is 24.3 Å². The van der Waals surface area contributed by atoms with Crippen molar-refractivity contribution in [2.24, 2.45) is 0 Å². The second-order valence-corrected chi connectivity index (χ2v) is 4.26. The molecule has 1 aromatic heterocycles. The van der Waals surface area contributed by atoms with E-state index in [-0.39, 0.29) is 5.69 Å². The molecule has 1 N–H and O–H groups in total. The van der Waals surface area contributed by atoms with Crippen LogP contribution in [0.4, 0.5) is 11.4 Å². The van der Waals surface area contributed by atoms with Gasteiger partial charge < -0.3 is 10.1 Å². The quantitative estimate of drug-likeness (QED) is 0.669. The molecule has 6 nitrogen and oxygen atoms in total. The van der Waals surface area contributed by atoms with Crippen molar-refractivity contribution in [1.82, 2.24) is 4.98 Å². The minimum absolute atomic E-state index is 0.0125. The van der Waals surface area contributed by atoms with E-state index >= 15 is 0 Å². The van der Waals surface area contributed by atoms with Crippen LogP contribution in [0.2, 0.25) is 0 Å². The van der Waals surface area contributed by atoms with Gasteiger partial charge in [0.15, 0.2) is 0 Å². The zero-order valence-corrected chi connectivity index (χ0v) is 11.3. The maximum Gasteiger partial charge on any atom is 0.292 e. The van der Waals surface area contributed by atoms with E-state index in [4.69, 9.17) is 4.74 Å². The number of hydrogen-bond donors (Lipinski definition) is 1. The van der Waals surface area contributed by atoms with Crippen molar-refractivity contribution >= 4 is 11.4 Å². The van der Waals surface area contributed by atoms with Crippen LogP contribution in [-0.4, -0.2) is 17.0 Å². The second kappa shape index (κ2) is 6.01. The number of ether oxygens (including phenoxy) is 1. The molecular weight excluding hydrogens is 258 g/mol. The normalized spacial score (nSPS) is 10.1. The van der Waals surface area contributed by atoms with Crippen LogP contribution in [0, 0.1) is 17.0 Å². The molecule has 2 aromatic rings. The molecule has 104 valence electrons. The first kappa shape index (κ1) is 13.8. The number of methoxy groups -OCH3 is 1. The lowest BCUT2D eigenvalue weighted by Crippen LogP contribution is -2.05. The molecule has 0 aliphatic rings. The summed E-state index contributed by atoms with van der Waals surface area (Å²) in [5, 5.41) is 14.0. The molecule has 0 atom stereocenters.